The molecule has 1 aliphatic rings. The summed E-state index contributed by atoms with van der Waals surface area (Å²) in [5.74, 6) is 0. The van der Waals surface area contributed by atoms with Gasteiger partial charge in [-0.25, -0.2) is 0 Å². The van der Waals surface area contributed by atoms with Gasteiger partial charge in [-0.3, -0.25) is 0 Å². The molecule has 0 aliphatic heterocycles. The predicted molar refractivity (Wildman–Crippen MR) is 51.2 cm³/mol. The Morgan fingerprint density at radius 3 is 2.50 bits per heavy atom. The van der Waals surface area contributed by atoms with Crippen molar-refractivity contribution in [3.63, 3.8) is 0 Å². The summed E-state index contributed by atoms with van der Waals surface area (Å²) in [7, 11) is 3.96. The van der Waals surface area contributed by atoms with Crippen LogP contribution >= 0.6 is 0 Å². The van der Waals surface area contributed by atoms with E-state index >= 15 is 0 Å². The maximum absolute atomic E-state index is 5.91. The smallest absolute Gasteiger partial charge is 0.0550 e. The van der Waals surface area contributed by atoms with E-state index in [1.165, 1.54) is 0 Å². The van der Waals surface area contributed by atoms with Gasteiger partial charge in [-0.05, 0) is 13.0 Å². The van der Waals surface area contributed by atoms with Gasteiger partial charge >= 0.3 is 0 Å². The lowest BCUT2D eigenvalue weighted by atomic mass is 9.91. The molecule has 3 nitrogen and oxygen atoms in total. The zero-order valence-corrected chi connectivity index (χ0v) is 7.96. The molecule has 0 aromatic rings. The summed E-state index contributed by atoms with van der Waals surface area (Å²) in [4.78, 5) is 2.00. The van der Waals surface area contributed by atoms with Crippen molar-refractivity contribution in [1.82, 2.24) is 4.90 Å². The summed E-state index contributed by atoms with van der Waals surface area (Å²) in [6.45, 7) is 1.98. The fraction of sp³-hybridized carbons (Fsp3) is 0.556. The number of rotatable bonds is 1. The normalized spacial score (nSPS) is 29.3. The van der Waals surface area contributed by atoms with E-state index in [1.54, 1.807) is 0 Å². The van der Waals surface area contributed by atoms with Gasteiger partial charge in [0.05, 0.1) is 5.70 Å². The SMILES string of the molecule is CN(C)C1=C(N)CC(C)(N)C=C1. The van der Waals surface area contributed by atoms with Gasteiger partial charge in [-0.2, -0.15) is 0 Å². The monoisotopic (exact) mass is 167 g/mol. The van der Waals surface area contributed by atoms with Gasteiger partial charge in [0.25, 0.3) is 0 Å². The number of nitrogens with two attached hydrogens (primary N) is 2. The molecule has 0 spiro atoms. The topological polar surface area (TPSA) is 55.3 Å². The van der Waals surface area contributed by atoms with Crippen molar-refractivity contribution in [1.29, 1.82) is 0 Å². The molecule has 1 rings (SSSR count). The molecular formula is C9H17N3. The van der Waals surface area contributed by atoms with Crippen LogP contribution in [0.1, 0.15) is 13.3 Å². The summed E-state index contributed by atoms with van der Waals surface area (Å²) in [6.07, 6.45) is 4.72. The molecule has 0 saturated heterocycles. The molecule has 68 valence electrons. The van der Waals surface area contributed by atoms with E-state index in [0.717, 1.165) is 17.8 Å². The highest BCUT2D eigenvalue weighted by molar-refractivity contribution is 5.31. The molecule has 3 heteroatoms. The number of allylic oxidation sites excluding steroid dienone is 1. The van der Waals surface area contributed by atoms with Crippen LogP contribution < -0.4 is 11.5 Å². The van der Waals surface area contributed by atoms with Crippen LogP contribution in [0.5, 0.6) is 0 Å². The average Bonchev–Trinajstić information content (AvgIpc) is 1.83. The van der Waals surface area contributed by atoms with Gasteiger partial charge in [-0.15, -0.1) is 0 Å². The maximum Gasteiger partial charge on any atom is 0.0550 e. The Morgan fingerprint density at radius 1 is 1.50 bits per heavy atom. The minimum Gasteiger partial charge on any atom is -0.400 e. The average molecular weight is 167 g/mol. The van der Waals surface area contributed by atoms with Crippen LogP contribution in [0.25, 0.3) is 0 Å². The molecule has 0 radical (unpaired) electrons. The van der Waals surface area contributed by atoms with E-state index < -0.39 is 0 Å². The summed E-state index contributed by atoms with van der Waals surface area (Å²) >= 11 is 0. The minimum absolute atomic E-state index is 0.274. The van der Waals surface area contributed by atoms with Crippen LogP contribution in [0.2, 0.25) is 0 Å². The number of likely N-dealkylation sites (N-methyl/N-ethyl adjacent to an activating group) is 1. The lowest BCUT2D eigenvalue weighted by Crippen LogP contribution is -2.38. The van der Waals surface area contributed by atoms with Gasteiger partial charge in [0.1, 0.15) is 0 Å². The first-order chi connectivity index (χ1) is 5.42. The minimum atomic E-state index is -0.274. The Hall–Kier alpha value is -0.960. The highest BCUT2D eigenvalue weighted by Crippen LogP contribution is 2.22. The van der Waals surface area contributed by atoms with Crippen LogP contribution in [0.4, 0.5) is 0 Å². The number of hydrogen-bond donors (Lipinski definition) is 2. The molecule has 12 heavy (non-hydrogen) atoms. The standard InChI is InChI=1S/C9H17N3/c1-9(11)5-4-8(12(2)3)7(10)6-9/h4-5H,6,10-11H2,1-3H3. The first-order valence-electron chi connectivity index (χ1n) is 4.06. The number of hydrogen-bond acceptors (Lipinski definition) is 3. The summed E-state index contributed by atoms with van der Waals surface area (Å²) in [5, 5.41) is 0. The van der Waals surface area contributed by atoms with E-state index in [0.29, 0.717) is 0 Å². The third-order valence-electron chi connectivity index (χ3n) is 2.00. The third-order valence-corrected chi connectivity index (χ3v) is 2.00. The summed E-state index contributed by atoms with van der Waals surface area (Å²) < 4.78 is 0. The van der Waals surface area contributed by atoms with Crippen molar-refractivity contribution in [2.45, 2.75) is 18.9 Å². The zero-order chi connectivity index (χ0) is 9.35. The highest BCUT2D eigenvalue weighted by Gasteiger charge is 2.21. The van der Waals surface area contributed by atoms with Crippen LogP contribution in [0.15, 0.2) is 23.5 Å². The second-order valence-electron chi connectivity index (χ2n) is 3.82. The van der Waals surface area contributed by atoms with Crippen LogP contribution in [-0.2, 0) is 0 Å². The van der Waals surface area contributed by atoms with E-state index in [1.807, 2.05) is 38.1 Å². The largest absolute Gasteiger partial charge is 0.400 e. The van der Waals surface area contributed by atoms with E-state index in [9.17, 15) is 0 Å². The first-order valence-corrected chi connectivity index (χ1v) is 4.06. The van der Waals surface area contributed by atoms with Gasteiger partial charge in [-0.1, -0.05) is 6.08 Å². The van der Waals surface area contributed by atoms with E-state index in [-0.39, 0.29) is 5.54 Å². The highest BCUT2D eigenvalue weighted by atomic mass is 15.1. The Bertz CT molecular complexity index is 236. The molecule has 0 bridgehead atoms. The molecule has 1 atom stereocenters. The molecule has 0 amide bonds. The van der Waals surface area contributed by atoms with Crippen LogP contribution in [-0.4, -0.2) is 24.5 Å². The molecule has 0 saturated carbocycles. The molecule has 0 aromatic carbocycles. The first kappa shape index (κ1) is 9.13. The third kappa shape index (κ3) is 1.80. The van der Waals surface area contributed by atoms with E-state index in [4.69, 9.17) is 11.5 Å². The molecule has 0 heterocycles. The molecule has 1 unspecified atom stereocenters. The quantitative estimate of drug-likeness (QED) is 0.594. The summed E-state index contributed by atoms with van der Waals surface area (Å²) in [5.41, 5.74) is 13.4. The van der Waals surface area contributed by atoms with Gasteiger partial charge in [0, 0.05) is 31.8 Å². The molecule has 1 aliphatic carbocycles. The maximum atomic E-state index is 5.91. The van der Waals surface area contributed by atoms with Gasteiger partial charge in [0.15, 0.2) is 0 Å². The van der Waals surface area contributed by atoms with Gasteiger partial charge in [0.2, 0.25) is 0 Å². The van der Waals surface area contributed by atoms with Crippen molar-refractivity contribution < 1.29 is 0 Å². The van der Waals surface area contributed by atoms with Gasteiger partial charge < -0.3 is 16.4 Å². The fourth-order valence-corrected chi connectivity index (χ4v) is 1.37. The second kappa shape index (κ2) is 2.83. The van der Waals surface area contributed by atoms with Crippen molar-refractivity contribution in [2.75, 3.05) is 14.1 Å². The van der Waals surface area contributed by atoms with Crippen molar-refractivity contribution >= 4 is 0 Å². The molecule has 0 fully saturated rings. The second-order valence-corrected chi connectivity index (χ2v) is 3.82. The Kier molecular flexibility index (Phi) is 2.15. The Morgan fingerprint density at radius 2 is 2.08 bits per heavy atom. The van der Waals surface area contributed by atoms with Crippen LogP contribution in [0, 0.1) is 0 Å². The molecular weight excluding hydrogens is 150 g/mol. The Labute approximate surface area is 73.7 Å². The van der Waals surface area contributed by atoms with Crippen molar-refractivity contribution in [2.24, 2.45) is 11.5 Å². The fourth-order valence-electron chi connectivity index (χ4n) is 1.37. The Balaban J connectivity index is 2.88. The molecule has 0 aromatic heterocycles. The lowest BCUT2D eigenvalue weighted by molar-refractivity contribution is 0.486. The zero-order valence-electron chi connectivity index (χ0n) is 7.96. The predicted octanol–water partition coefficient (Wildman–Crippen LogP) is 0.396. The van der Waals surface area contributed by atoms with Crippen molar-refractivity contribution in [3.05, 3.63) is 23.5 Å². The lowest BCUT2D eigenvalue weighted by Gasteiger charge is -2.28. The van der Waals surface area contributed by atoms with Crippen molar-refractivity contribution in [3.8, 4) is 0 Å². The van der Waals surface area contributed by atoms with E-state index in [2.05, 4.69) is 0 Å². The molecule has 4 N–H and O–H groups in total. The summed E-state index contributed by atoms with van der Waals surface area (Å²) in [6, 6.07) is 0. The van der Waals surface area contributed by atoms with Crippen LogP contribution in [0.3, 0.4) is 0 Å². The number of nitrogens with zero attached hydrogens (tertiary/aromatic N) is 1.